The first-order valence-electron chi connectivity index (χ1n) is 8.95. The monoisotopic (exact) mass is 356 g/mol. The Morgan fingerprint density at radius 1 is 1.28 bits per heavy atom. The molecule has 0 unspecified atom stereocenters. The molecule has 0 atom stereocenters. The summed E-state index contributed by atoms with van der Waals surface area (Å²) in [5.74, 6) is 0.720. The van der Waals surface area contributed by atoms with Gasteiger partial charge in [-0.2, -0.15) is 0 Å². The van der Waals surface area contributed by atoms with Crippen LogP contribution in [0.5, 0.6) is 5.75 Å². The molecule has 1 aromatic heterocycles. The Hall–Kier alpha value is -2.14. The maximum absolute atomic E-state index is 12.1. The van der Waals surface area contributed by atoms with Crippen LogP contribution in [0.2, 0.25) is 0 Å². The quantitative estimate of drug-likeness (QED) is 0.570. The average Bonchev–Trinajstić information content (AvgIpc) is 3.03. The highest BCUT2D eigenvalue weighted by atomic mass is 32.1. The zero-order valence-electron chi connectivity index (χ0n) is 14.6. The highest BCUT2D eigenvalue weighted by Crippen LogP contribution is 2.29. The second-order valence-electron chi connectivity index (χ2n) is 6.19. The van der Waals surface area contributed by atoms with Crippen molar-refractivity contribution in [1.29, 1.82) is 0 Å². The third-order valence-electron chi connectivity index (χ3n) is 4.15. The Balaban J connectivity index is 1.52. The molecule has 0 fully saturated rings. The van der Waals surface area contributed by atoms with Crippen molar-refractivity contribution in [3.63, 3.8) is 0 Å². The molecule has 132 valence electrons. The van der Waals surface area contributed by atoms with E-state index in [1.807, 2.05) is 24.3 Å². The third-order valence-corrected chi connectivity index (χ3v) is 5.22. The number of hydrogen-bond acceptors (Lipinski definition) is 4. The average molecular weight is 356 g/mol. The minimum Gasteiger partial charge on any atom is -0.494 e. The van der Waals surface area contributed by atoms with Gasteiger partial charge in [-0.15, -0.1) is 11.3 Å². The summed E-state index contributed by atoms with van der Waals surface area (Å²) in [4.78, 5) is 17.9. The minimum atomic E-state index is -0.144. The molecule has 1 aliphatic rings. The largest absolute Gasteiger partial charge is 0.494 e. The molecule has 0 saturated carbocycles. The van der Waals surface area contributed by atoms with Crippen LogP contribution in [0.3, 0.4) is 0 Å². The molecule has 5 heteroatoms. The topological polar surface area (TPSA) is 51.2 Å². The van der Waals surface area contributed by atoms with Crippen molar-refractivity contribution < 1.29 is 9.53 Å². The van der Waals surface area contributed by atoms with Gasteiger partial charge in [-0.3, -0.25) is 10.1 Å². The Morgan fingerprint density at radius 2 is 2.08 bits per heavy atom. The Labute approximate surface area is 152 Å². The first-order valence-corrected chi connectivity index (χ1v) is 9.77. The van der Waals surface area contributed by atoms with Crippen LogP contribution in [0.15, 0.2) is 30.3 Å². The second kappa shape index (κ2) is 8.81. The molecule has 0 bridgehead atoms. The first kappa shape index (κ1) is 17.7. The van der Waals surface area contributed by atoms with Crippen molar-refractivity contribution in [2.24, 2.45) is 0 Å². The van der Waals surface area contributed by atoms with Gasteiger partial charge in [0.25, 0.3) is 0 Å². The number of aromatic nitrogens is 1. The first-order chi connectivity index (χ1) is 12.2. The molecule has 1 amide bonds. The fourth-order valence-corrected chi connectivity index (χ4v) is 3.79. The van der Waals surface area contributed by atoms with Crippen molar-refractivity contribution in [3.8, 4) is 5.75 Å². The zero-order chi connectivity index (χ0) is 17.5. The summed E-state index contributed by atoms with van der Waals surface area (Å²) < 4.78 is 5.64. The number of thiazole rings is 1. The number of fused-ring (bicyclic) bond motifs is 1. The number of unbranched alkanes of at least 4 members (excludes halogenated alkanes) is 1. The van der Waals surface area contributed by atoms with Crippen molar-refractivity contribution in [1.82, 2.24) is 4.98 Å². The minimum absolute atomic E-state index is 0.144. The molecule has 0 aliphatic heterocycles. The SMILES string of the molecule is CCCCOc1ccc(C=CC(=O)Nc2nc3c(s2)CCCC3)cc1. The van der Waals surface area contributed by atoms with Crippen molar-refractivity contribution >= 4 is 28.5 Å². The molecule has 0 radical (unpaired) electrons. The van der Waals surface area contributed by atoms with Crippen LogP contribution < -0.4 is 10.1 Å². The van der Waals surface area contributed by atoms with Crippen LogP contribution in [-0.4, -0.2) is 17.5 Å². The summed E-state index contributed by atoms with van der Waals surface area (Å²) in [7, 11) is 0. The number of ether oxygens (including phenoxy) is 1. The van der Waals surface area contributed by atoms with Gasteiger partial charge in [0.05, 0.1) is 12.3 Å². The predicted octanol–water partition coefficient (Wildman–Crippen LogP) is 4.85. The molecule has 25 heavy (non-hydrogen) atoms. The Kier molecular flexibility index (Phi) is 6.23. The van der Waals surface area contributed by atoms with Gasteiger partial charge in [-0.05, 0) is 55.9 Å². The zero-order valence-corrected chi connectivity index (χ0v) is 15.4. The van der Waals surface area contributed by atoms with Gasteiger partial charge in [-0.1, -0.05) is 25.5 Å². The number of rotatable bonds is 7. The summed E-state index contributed by atoms with van der Waals surface area (Å²) in [6.45, 7) is 2.88. The van der Waals surface area contributed by atoms with Crippen LogP contribution in [-0.2, 0) is 17.6 Å². The van der Waals surface area contributed by atoms with E-state index < -0.39 is 0 Å². The van der Waals surface area contributed by atoms with E-state index in [2.05, 4.69) is 17.2 Å². The molecule has 1 aromatic carbocycles. The lowest BCUT2D eigenvalue weighted by Crippen LogP contribution is -2.07. The smallest absolute Gasteiger partial charge is 0.250 e. The standard InChI is InChI=1S/C20H24N2O2S/c1-2-3-14-24-16-11-8-15(9-12-16)10-13-19(23)22-20-21-17-6-4-5-7-18(17)25-20/h8-13H,2-7,14H2,1H3,(H,21,22,23). The fourth-order valence-electron chi connectivity index (χ4n) is 2.73. The van der Waals surface area contributed by atoms with E-state index in [1.54, 1.807) is 23.5 Å². The van der Waals surface area contributed by atoms with E-state index in [0.29, 0.717) is 5.13 Å². The lowest BCUT2D eigenvalue weighted by atomic mass is 10.0. The number of carbonyl (C=O) groups excluding carboxylic acids is 1. The molecular weight excluding hydrogens is 332 g/mol. The van der Waals surface area contributed by atoms with E-state index in [9.17, 15) is 4.79 Å². The highest BCUT2D eigenvalue weighted by Gasteiger charge is 2.15. The number of hydrogen-bond donors (Lipinski definition) is 1. The van der Waals surface area contributed by atoms with Gasteiger partial charge < -0.3 is 4.74 Å². The third kappa shape index (κ3) is 5.16. The maximum atomic E-state index is 12.1. The predicted molar refractivity (Wildman–Crippen MR) is 103 cm³/mol. The number of anilines is 1. The lowest BCUT2D eigenvalue weighted by molar-refractivity contribution is -0.111. The summed E-state index contributed by atoms with van der Waals surface area (Å²) in [6, 6.07) is 7.77. The molecular formula is C20H24N2O2S. The van der Waals surface area contributed by atoms with Crippen LogP contribution >= 0.6 is 11.3 Å². The van der Waals surface area contributed by atoms with Crippen molar-refractivity contribution in [2.45, 2.75) is 45.4 Å². The van der Waals surface area contributed by atoms with Crippen LogP contribution in [0.4, 0.5) is 5.13 Å². The molecule has 1 N–H and O–H groups in total. The summed E-state index contributed by atoms with van der Waals surface area (Å²) >= 11 is 1.60. The molecule has 0 spiro atoms. The number of nitrogens with zero attached hydrogens (tertiary/aromatic N) is 1. The maximum Gasteiger partial charge on any atom is 0.250 e. The molecule has 4 nitrogen and oxygen atoms in total. The van der Waals surface area contributed by atoms with E-state index >= 15 is 0 Å². The fraction of sp³-hybridized carbons (Fsp3) is 0.400. The normalized spacial score (nSPS) is 13.6. The van der Waals surface area contributed by atoms with Gasteiger partial charge in [0.15, 0.2) is 5.13 Å². The van der Waals surface area contributed by atoms with Gasteiger partial charge in [0.2, 0.25) is 5.91 Å². The van der Waals surface area contributed by atoms with Gasteiger partial charge in [0.1, 0.15) is 5.75 Å². The summed E-state index contributed by atoms with van der Waals surface area (Å²) in [6.07, 6.45) is 10.1. The molecule has 1 heterocycles. The molecule has 2 aromatic rings. The highest BCUT2D eigenvalue weighted by molar-refractivity contribution is 7.15. The van der Waals surface area contributed by atoms with E-state index in [0.717, 1.165) is 49.3 Å². The second-order valence-corrected chi connectivity index (χ2v) is 7.27. The van der Waals surface area contributed by atoms with Crippen LogP contribution in [0.1, 0.15) is 48.7 Å². The summed E-state index contributed by atoms with van der Waals surface area (Å²) in [5, 5.41) is 3.58. The molecule has 1 aliphatic carbocycles. The van der Waals surface area contributed by atoms with Crippen molar-refractivity contribution in [2.75, 3.05) is 11.9 Å². The van der Waals surface area contributed by atoms with Gasteiger partial charge >= 0.3 is 0 Å². The number of aryl methyl sites for hydroxylation is 2. The van der Waals surface area contributed by atoms with Crippen LogP contribution in [0, 0.1) is 0 Å². The van der Waals surface area contributed by atoms with Crippen LogP contribution in [0.25, 0.3) is 6.08 Å². The summed E-state index contributed by atoms with van der Waals surface area (Å²) in [5.41, 5.74) is 2.13. The van der Waals surface area contributed by atoms with Gasteiger partial charge in [0, 0.05) is 11.0 Å². The Morgan fingerprint density at radius 3 is 2.84 bits per heavy atom. The van der Waals surface area contributed by atoms with Gasteiger partial charge in [-0.25, -0.2) is 4.98 Å². The number of benzene rings is 1. The molecule has 0 saturated heterocycles. The van der Waals surface area contributed by atoms with E-state index in [-0.39, 0.29) is 5.91 Å². The lowest BCUT2D eigenvalue weighted by Gasteiger charge is -2.06. The number of nitrogens with one attached hydrogen (secondary N) is 1. The Bertz CT molecular complexity index is 711. The van der Waals surface area contributed by atoms with E-state index in [4.69, 9.17) is 4.74 Å². The molecule has 3 rings (SSSR count). The van der Waals surface area contributed by atoms with E-state index in [1.165, 1.54) is 17.7 Å². The number of amides is 1. The van der Waals surface area contributed by atoms with Crippen molar-refractivity contribution in [3.05, 3.63) is 46.5 Å². The number of carbonyl (C=O) groups is 1.